The molecule has 15 heavy (non-hydrogen) atoms. The highest BCUT2D eigenvalue weighted by Crippen LogP contribution is 2.25. The van der Waals surface area contributed by atoms with Crippen LogP contribution in [0.5, 0.6) is 5.75 Å². The van der Waals surface area contributed by atoms with E-state index in [9.17, 15) is 4.79 Å². The lowest BCUT2D eigenvalue weighted by Crippen LogP contribution is -2.13. The summed E-state index contributed by atoms with van der Waals surface area (Å²) in [4.78, 5) is 16.0. The third-order valence-corrected chi connectivity index (χ3v) is 2.38. The molecule has 78 valence electrons. The van der Waals surface area contributed by atoms with Gasteiger partial charge in [0.25, 0.3) is 0 Å². The molecule has 1 aromatic carbocycles. The molecule has 0 aromatic heterocycles. The first kappa shape index (κ1) is 9.71. The summed E-state index contributed by atoms with van der Waals surface area (Å²) in [5.74, 6) is 0.0771. The summed E-state index contributed by atoms with van der Waals surface area (Å²) in [5, 5.41) is 3.65. The quantitative estimate of drug-likeness (QED) is 0.690. The number of hydrogen-bond donors (Lipinski definition) is 0. The van der Waals surface area contributed by atoms with E-state index in [4.69, 9.17) is 4.74 Å². The van der Waals surface area contributed by atoms with Crippen LogP contribution in [-0.4, -0.2) is 18.8 Å². The van der Waals surface area contributed by atoms with Crippen molar-refractivity contribution in [1.82, 2.24) is 0 Å². The molecular weight excluding hydrogens is 194 g/mol. The molecule has 1 aliphatic heterocycles. The molecule has 1 aromatic rings. The molecule has 1 unspecified atom stereocenters. The lowest BCUT2D eigenvalue weighted by Gasteiger charge is -2.07. The second kappa shape index (κ2) is 3.73. The third kappa shape index (κ3) is 1.70. The fraction of sp³-hybridized carbons (Fsp3) is 0.273. The Balaban J connectivity index is 2.29. The molecule has 4 nitrogen and oxygen atoms in total. The monoisotopic (exact) mass is 205 g/mol. The van der Waals surface area contributed by atoms with Crippen molar-refractivity contribution in [2.75, 3.05) is 7.11 Å². The Morgan fingerprint density at radius 3 is 2.47 bits per heavy atom. The summed E-state index contributed by atoms with van der Waals surface area (Å²) < 4.78 is 5.04. The van der Waals surface area contributed by atoms with Gasteiger partial charge in [0.2, 0.25) is 0 Å². The largest absolute Gasteiger partial charge is 0.497 e. The molecule has 0 bridgehead atoms. The van der Waals surface area contributed by atoms with E-state index >= 15 is 0 Å². The fourth-order valence-electron chi connectivity index (χ4n) is 1.57. The predicted molar refractivity (Wildman–Crippen MR) is 54.9 cm³/mol. The number of ether oxygens (including phenoxy) is 1. The first-order valence-corrected chi connectivity index (χ1v) is 4.61. The van der Waals surface area contributed by atoms with Gasteiger partial charge in [-0.05, 0) is 24.6 Å². The number of methoxy groups -OCH3 is 1. The second-order valence-electron chi connectivity index (χ2n) is 3.35. The van der Waals surface area contributed by atoms with Gasteiger partial charge in [-0.3, -0.25) is 0 Å². The Hall–Kier alpha value is -1.84. The van der Waals surface area contributed by atoms with Crippen molar-refractivity contribution in [2.24, 2.45) is 5.16 Å². The molecule has 0 saturated heterocycles. The normalized spacial score (nSPS) is 19.7. The molecule has 0 radical (unpaired) electrons. The average molecular weight is 205 g/mol. The Kier molecular flexibility index (Phi) is 2.41. The van der Waals surface area contributed by atoms with Crippen molar-refractivity contribution in [3.05, 3.63) is 29.8 Å². The van der Waals surface area contributed by atoms with Gasteiger partial charge in [-0.2, -0.15) is 0 Å². The van der Waals surface area contributed by atoms with Gasteiger partial charge < -0.3 is 9.57 Å². The molecule has 0 aliphatic carbocycles. The van der Waals surface area contributed by atoms with Crippen LogP contribution in [0.4, 0.5) is 0 Å². The summed E-state index contributed by atoms with van der Waals surface area (Å²) in [6.45, 7) is 1.78. The average Bonchev–Trinajstić information content (AvgIpc) is 2.59. The Bertz CT molecular complexity index is 408. The van der Waals surface area contributed by atoms with Crippen LogP contribution in [-0.2, 0) is 9.63 Å². The first-order chi connectivity index (χ1) is 7.22. The van der Waals surface area contributed by atoms with Gasteiger partial charge in [0.1, 0.15) is 11.7 Å². The maximum Gasteiger partial charge on any atom is 0.348 e. The van der Waals surface area contributed by atoms with Crippen LogP contribution in [0.25, 0.3) is 0 Å². The van der Waals surface area contributed by atoms with Gasteiger partial charge >= 0.3 is 5.97 Å². The lowest BCUT2D eigenvalue weighted by atomic mass is 9.96. The van der Waals surface area contributed by atoms with E-state index in [-0.39, 0.29) is 11.9 Å². The van der Waals surface area contributed by atoms with Gasteiger partial charge in [0, 0.05) is 0 Å². The van der Waals surface area contributed by atoms with Crippen LogP contribution in [0, 0.1) is 0 Å². The Morgan fingerprint density at radius 1 is 1.33 bits per heavy atom. The maximum atomic E-state index is 11.4. The Labute approximate surface area is 87.5 Å². The first-order valence-electron chi connectivity index (χ1n) is 4.61. The third-order valence-electron chi connectivity index (χ3n) is 2.38. The molecule has 0 N–H and O–H groups in total. The summed E-state index contributed by atoms with van der Waals surface area (Å²) in [6, 6.07) is 7.31. The van der Waals surface area contributed by atoms with Crippen molar-refractivity contribution >= 4 is 11.7 Å². The van der Waals surface area contributed by atoms with E-state index in [1.54, 1.807) is 14.0 Å². The zero-order chi connectivity index (χ0) is 10.8. The van der Waals surface area contributed by atoms with Crippen LogP contribution in [0.2, 0.25) is 0 Å². The minimum absolute atomic E-state index is 0.322. The zero-order valence-electron chi connectivity index (χ0n) is 8.56. The molecule has 1 atom stereocenters. The topological polar surface area (TPSA) is 47.9 Å². The number of rotatable bonds is 2. The van der Waals surface area contributed by atoms with Crippen LogP contribution in [0.1, 0.15) is 18.4 Å². The molecular formula is C11H11NO3. The number of benzene rings is 1. The Morgan fingerprint density at radius 2 is 2.00 bits per heavy atom. The maximum absolute atomic E-state index is 11.4. The molecule has 4 heteroatoms. The van der Waals surface area contributed by atoms with Gasteiger partial charge in [-0.25, -0.2) is 4.79 Å². The van der Waals surface area contributed by atoms with Crippen molar-refractivity contribution in [3.8, 4) is 5.75 Å². The SMILES string of the molecule is COc1ccc(C2C(=O)ON=C2C)cc1. The molecule has 0 amide bonds. The number of carbonyl (C=O) groups excluding carboxylic acids is 1. The molecule has 0 saturated carbocycles. The minimum atomic E-state index is -0.365. The zero-order valence-corrected chi connectivity index (χ0v) is 8.56. The van der Waals surface area contributed by atoms with Crippen LogP contribution >= 0.6 is 0 Å². The molecule has 1 heterocycles. The van der Waals surface area contributed by atoms with Crippen LogP contribution in [0.15, 0.2) is 29.4 Å². The van der Waals surface area contributed by atoms with E-state index in [1.165, 1.54) is 0 Å². The van der Waals surface area contributed by atoms with E-state index in [2.05, 4.69) is 9.99 Å². The molecule has 2 rings (SSSR count). The number of oxime groups is 1. The van der Waals surface area contributed by atoms with E-state index in [0.717, 1.165) is 11.3 Å². The number of hydrogen-bond acceptors (Lipinski definition) is 4. The standard InChI is InChI=1S/C11H11NO3/c1-7-10(11(13)15-12-7)8-3-5-9(14-2)6-4-8/h3-6,10H,1-2H3. The van der Waals surface area contributed by atoms with E-state index in [0.29, 0.717) is 5.71 Å². The minimum Gasteiger partial charge on any atom is -0.497 e. The van der Waals surface area contributed by atoms with E-state index in [1.807, 2.05) is 24.3 Å². The number of nitrogens with zero attached hydrogens (tertiary/aromatic N) is 1. The second-order valence-corrected chi connectivity index (χ2v) is 3.35. The highest BCUT2D eigenvalue weighted by Gasteiger charge is 2.31. The van der Waals surface area contributed by atoms with E-state index < -0.39 is 0 Å². The molecule has 0 fully saturated rings. The molecule has 0 spiro atoms. The summed E-state index contributed by atoms with van der Waals surface area (Å²) in [5.41, 5.74) is 1.56. The fourth-order valence-corrected chi connectivity index (χ4v) is 1.57. The van der Waals surface area contributed by atoms with Crippen molar-refractivity contribution < 1.29 is 14.4 Å². The smallest absolute Gasteiger partial charge is 0.348 e. The molecule has 1 aliphatic rings. The van der Waals surface area contributed by atoms with Crippen molar-refractivity contribution in [1.29, 1.82) is 0 Å². The summed E-state index contributed by atoms with van der Waals surface area (Å²) in [6.07, 6.45) is 0. The van der Waals surface area contributed by atoms with Crippen molar-refractivity contribution in [3.63, 3.8) is 0 Å². The predicted octanol–water partition coefficient (Wildman–Crippen LogP) is 1.71. The number of carbonyl (C=O) groups is 1. The van der Waals surface area contributed by atoms with Gasteiger partial charge in [-0.15, -0.1) is 0 Å². The van der Waals surface area contributed by atoms with Crippen LogP contribution in [0.3, 0.4) is 0 Å². The van der Waals surface area contributed by atoms with Gasteiger partial charge in [-0.1, -0.05) is 17.3 Å². The van der Waals surface area contributed by atoms with Crippen LogP contribution < -0.4 is 4.74 Å². The summed E-state index contributed by atoms with van der Waals surface area (Å²) in [7, 11) is 1.60. The van der Waals surface area contributed by atoms with Gasteiger partial charge in [0.05, 0.1) is 12.8 Å². The highest BCUT2D eigenvalue weighted by molar-refractivity contribution is 6.08. The highest BCUT2D eigenvalue weighted by atomic mass is 16.7. The van der Waals surface area contributed by atoms with Gasteiger partial charge in [0.15, 0.2) is 0 Å². The van der Waals surface area contributed by atoms with Crippen molar-refractivity contribution in [2.45, 2.75) is 12.8 Å². The summed E-state index contributed by atoms with van der Waals surface area (Å²) >= 11 is 0. The lowest BCUT2D eigenvalue weighted by molar-refractivity contribution is -0.141.